The van der Waals surface area contributed by atoms with Crippen molar-refractivity contribution in [3.63, 3.8) is 0 Å². The Morgan fingerprint density at radius 3 is 2.26 bits per heavy atom. The Morgan fingerprint density at radius 2 is 1.61 bits per heavy atom. The van der Waals surface area contributed by atoms with Gasteiger partial charge in [-0.25, -0.2) is 8.42 Å². The molecule has 0 aliphatic carbocycles. The van der Waals surface area contributed by atoms with Crippen LogP contribution in [0.3, 0.4) is 0 Å². The molecule has 0 bridgehead atoms. The molecule has 0 aromatic heterocycles. The number of carbonyl (C=O) groups excluding carboxylic acids is 1. The lowest BCUT2D eigenvalue weighted by molar-refractivity contribution is 0.0951. The minimum atomic E-state index is -3.75. The van der Waals surface area contributed by atoms with Crippen molar-refractivity contribution in [1.29, 1.82) is 0 Å². The Labute approximate surface area is 183 Å². The number of aryl methyl sites for hydroxylation is 2. The van der Waals surface area contributed by atoms with Crippen molar-refractivity contribution in [2.75, 3.05) is 11.3 Å². The fraction of sp³-hybridized carbons (Fsp3) is 0.208. The van der Waals surface area contributed by atoms with E-state index >= 15 is 0 Å². The van der Waals surface area contributed by atoms with Crippen LogP contribution in [0.4, 0.5) is 5.69 Å². The van der Waals surface area contributed by atoms with Gasteiger partial charge in [-0.15, -0.1) is 0 Å². The van der Waals surface area contributed by atoms with Crippen LogP contribution in [-0.4, -0.2) is 20.9 Å². The number of hydrogen-bond acceptors (Lipinski definition) is 4. The summed E-state index contributed by atoms with van der Waals surface area (Å²) in [4.78, 5) is 12.8. The third kappa shape index (κ3) is 5.86. The highest BCUT2D eigenvalue weighted by Crippen LogP contribution is 2.22. The minimum Gasteiger partial charge on any atom is -0.494 e. The van der Waals surface area contributed by atoms with Gasteiger partial charge in [0.1, 0.15) is 5.75 Å². The van der Waals surface area contributed by atoms with E-state index in [2.05, 4.69) is 10.0 Å². The molecule has 6 nitrogen and oxygen atoms in total. The van der Waals surface area contributed by atoms with Crippen LogP contribution < -0.4 is 14.8 Å². The maximum absolute atomic E-state index is 12.7. The molecule has 0 unspecified atom stereocenters. The van der Waals surface area contributed by atoms with Gasteiger partial charge in [0.15, 0.2) is 0 Å². The molecule has 0 heterocycles. The monoisotopic (exact) mass is 438 g/mol. The maximum atomic E-state index is 12.7. The van der Waals surface area contributed by atoms with E-state index in [0.717, 1.165) is 22.4 Å². The first-order chi connectivity index (χ1) is 14.8. The quantitative estimate of drug-likeness (QED) is 0.545. The molecule has 2 N–H and O–H groups in total. The van der Waals surface area contributed by atoms with E-state index in [1.807, 2.05) is 38.1 Å². The molecule has 0 saturated carbocycles. The van der Waals surface area contributed by atoms with Crippen molar-refractivity contribution in [2.45, 2.75) is 32.2 Å². The fourth-order valence-electron chi connectivity index (χ4n) is 2.95. The zero-order chi connectivity index (χ0) is 22.4. The second-order valence-electron chi connectivity index (χ2n) is 7.21. The summed E-state index contributed by atoms with van der Waals surface area (Å²) in [5, 5.41) is 2.86. The van der Waals surface area contributed by atoms with E-state index in [1.165, 1.54) is 0 Å². The van der Waals surface area contributed by atoms with Gasteiger partial charge in [0.25, 0.3) is 15.9 Å². The summed E-state index contributed by atoms with van der Waals surface area (Å²) in [6.45, 7) is 6.55. The zero-order valence-corrected chi connectivity index (χ0v) is 18.6. The highest BCUT2D eigenvalue weighted by Gasteiger charge is 2.16. The van der Waals surface area contributed by atoms with Crippen molar-refractivity contribution in [3.05, 3.63) is 89.0 Å². The van der Waals surface area contributed by atoms with E-state index in [1.54, 1.807) is 49.4 Å². The molecule has 7 heteroatoms. The van der Waals surface area contributed by atoms with E-state index < -0.39 is 10.0 Å². The van der Waals surface area contributed by atoms with Crippen LogP contribution in [0.1, 0.15) is 34.0 Å². The number of anilines is 1. The standard InChI is InChI=1S/C24H26N2O4S/c1-4-30-21-11-8-19(9-12-21)16-25-24(27)20-10-7-18(3)23(15-20)26-31(28,29)22-13-5-17(2)6-14-22/h5-15,26H,4,16H2,1-3H3,(H,25,27). The van der Waals surface area contributed by atoms with E-state index in [0.29, 0.717) is 24.4 Å². The predicted octanol–water partition coefficient (Wildman–Crippen LogP) is 4.43. The highest BCUT2D eigenvalue weighted by atomic mass is 32.2. The maximum Gasteiger partial charge on any atom is 0.261 e. The average molecular weight is 439 g/mol. The molecular formula is C24H26N2O4S. The molecule has 3 rings (SSSR count). The van der Waals surface area contributed by atoms with Gasteiger partial charge in [-0.05, 0) is 68.3 Å². The second kappa shape index (κ2) is 9.66. The van der Waals surface area contributed by atoms with Gasteiger partial charge in [0.2, 0.25) is 0 Å². The Kier molecular flexibility index (Phi) is 6.97. The Hall–Kier alpha value is -3.32. The largest absolute Gasteiger partial charge is 0.494 e. The Balaban J connectivity index is 1.71. The highest BCUT2D eigenvalue weighted by molar-refractivity contribution is 7.92. The molecule has 0 aliphatic rings. The first kappa shape index (κ1) is 22.4. The van der Waals surface area contributed by atoms with Crippen LogP contribution in [0.25, 0.3) is 0 Å². The number of ether oxygens (including phenoxy) is 1. The van der Waals surface area contributed by atoms with Gasteiger partial charge in [-0.3, -0.25) is 9.52 Å². The van der Waals surface area contributed by atoms with E-state index in [4.69, 9.17) is 4.74 Å². The second-order valence-corrected chi connectivity index (χ2v) is 8.89. The van der Waals surface area contributed by atoms with Crippen LogP contribution in [0.15, 0.2) is 71.6 Å². The first-order valence-electron chi connectivity index (χ1n) is 9.98. The summed E-state index contributed by atoms with van der Waals surface area (Å²) < 4.78 is 33.4. The lowest BCUT2D eigenvalue weighted by atomic mass is 10.1. The van der Waals surface area contributed by atoms with Gasteiger partial charge in [0, 0.05) is 12.1 Å². The minimum absolute atomic E-state index is 0.169. The summed E-state index contributed by atoms with van der Waals surface area (Å²) in [6.07, 6.45) is 0. The number of nitrogens with one attached hydrogen (secondary N) is 2. The number of hydrogen-bond donors (Lipinski definition) is 2. The lowest BCUT2D eigenvalue weighted by Gasteiger charge is -2.13. The van der Waals surface area contributed by atoms with Crippen LogP contribution >= 0.6 is 0 Å². The molecule has 162 valence electrons. The van der Waals surface area contributed by atoms with Gasteiger partial charge in [0.05, 0.1) is 17.2 Å². The zero-order valence-electron chi connectivity index (χ0n) is 17.8. The van der Waals surface area contributed by atoms with Crippen molar-refractivity contribution < 1.29 is 17.9 Å². The molecule has 0 fully saturated rings. The number of sulfonamides is 1. The number of rotatable bonds is 8. The molecule has 3 aromatic carbocycles. The van der Waals surface area contributed by atoms with Crippen LogP contribution in [0.2, 0.25) is 0 Å². The topological polar surface area (TPSA) is 84.5 Å². The smallest absolute Gasteiger partial charge is 0.261 e. The van der Waals surface area contributed by atoms with Crippen molar-refractivity contribution >= 4 is 21.6 Å². The molecule has 0 spiro atoms. The molecule has 1 amide bonds. The molecular weight excluding hydrogens is 412 g/mol. The van der Waals surface area contributed by atoms with Crippen molar-refractivity contribution in [3.8, 4) is 5.75 Å². The van der Waals surface area contributed by atoms with Crippen LogP contribution in [0.5, 0.6) is 5.75 Å². The first-order valence-corrected chi connectivity index (χ1v) is 11.5. The summed E-state index contributed by atoms with van der Waals surface area (Å²) in [7, 11) is -3.75. The molecule has 0 radical (unpaired) electrons. The third-order valence-corrected chi connectivity index (χ3v) is 6.14. The SMILES string of the molecule is CCOc1ccc(CNC(=O)c2ccc(C)c(NS(=O)(=O)c3ccc(C)cc3)c2)cc1. The molecule has 0 atom stereocenters. The summed E-state index contributed by atoms with van der Waals surface area (Å²) in [5.41, 5.74) is 3.37. The predicted molar refractivity (Wildman–Crippen MR) is 122 cm³/mol. The summed E-state index contributed by atoms with van der Waals surface area (Å²) in [6, 6.07) is 19.0. The molecule has 3 aromatic rings. The Morgan fingerprint density at radius 1 is 0.935 bits per heavy atom. The molecule has 0 aliphatic heterocycles. The average Bonchev–Trinajstić information content (AvgIpc) is 2.75. The van der Waals surface area contributed by atoms with Crippen LogP contribution in [0, 0.1) is 13.8 Å². The normalized spacial score (nSPS) is 11.1. The number of amides is 1. The van der Waals surface area contributed by atoms with Gasteiger partial charge in [-0.1, -0.05) is 35.9 Å². The Bertz CT molecular complexity index is 1160. The van der Waals surface area contributed by atoms with Gasteiger partial charge >= 0.3 is 0 Å². The summed E-state index contributed by atoms with van der Waals surface area (Å²) >= 11 is 0. The van der Waals surface area contributed by atoms with Crippen molar-refractivity contribution in [1.82, 2.24) is 5.32 Å². The number of benzene rings is 3. The fourth-order valence-corrected chi connectivity index (χ4v) is 4.07. The third-order valence-electron chi connectivity index (χ3n) is 4.76. The molecule has 0 saturated heterocycles. The number of carbonyl (C=O) groups is 1. The van der Waals surface area contributed by atoms with Crippen LogP contribution in [-0.2, 0) is 16.6 Å². The van der Waals surface area contributed by atoms with Gasteiger partial charge < -0.3 is 10.1 Å². The van der Waals surface area contributed by atoms with E-state index in [-0.39, 0.29) is 10.8 Å². The van der Waals surface area contributed by atoms with E-state index in [9.17, 15) is 13.2 Å². The summed E-state index contributed by atoms with van der Waals surface area (Å²) in [5.74, 6) is 0.492. The van der Waals surface area contributed by atoms with Gasteiger partial charge in [-0.2, -0.15) is 0 Å². The van der Waals surface area contributed by atoms with Crippen molar-refractivity contribution in [2.24, 2.45) is 0 Å². The lowest BCUT2D eigenvalue weighted by Crippen LogP contribution is -2.23. The molecule has 31 heavy (non-hydrogen) atoms.